The Kier molecular flexibility index (Phi) is 2.75. The van der Waals surface area contributed by atoms with Crippen LogP contribution in [0.5, 0.6) is 0 Å². The van der Waals surface area contributed by atoms with Crippen LogP contribution in [0.3, 0.4) is 0 Å². The maximum Gasteiger partial charge on any atom is 0.314 e. The predicted octanol–water partition coefficient (Wildman–Crippen LogP) is 1.50. The SMILES string of the molecule is COC(=O)C(C)c1cn2c(n1)CCCC2. The Morgan fingerprint density at radius 2 is 2.40 bits per heavy atom. The van der Waals surface area contributed by atoms with Crippen molar-refractivity contribution in [1.82, 2.24) is 9.55 Å². The highest BCUT2D eigenvalue weighted by molar-refractivity contribution is 5.76. The lowest BCUT2D eigenvalue weighted by atomic mass is 10.1. The minimum atomic E-state index is -0.256. The van der Waals surface area contributed by atoms with Gasteiger partial charge < -0.3 is 9.30 Å². The first-order valence-corrected chi connectivity index (χ1v) is 5.36. The molecule has 1 unspecified atom stereocenters. The lowest BCUT2D eigenvalue weighted by Gasteiger charge is -2.11. The number of carbonyl (C=O) groups is 1. The summed E-state index contributed by atoms with van der Waals surface area (Å²) < 4.78 is 6.86. The molecule has 2 rings (SSSR count). The molecule has 0 saturated carbocycles. The lowest BCUT2D eigenvalue weighted by molar-refractivity contribution is -0.142. The van der Waals surface area contributed by atoms with Crippen LogP contribution < -0.4 is 0 Å². The van der Waals surface area contributed by atoms with Gasteiger partial charge in [0, 0.05) is 19.2 Å². The molecule has 0 saturated heterocycles. The Bertz CT molecular complexity index is 347. The van der Waals surface area contributed by atoms with Crippen LogP contribution in [0.15, 0.2) is 6.20 Å². The van der Waals surface area contributed by atoms with Crippen LogP contribution in [0.4, 0.5) is 0 Å². The summed E-state index contributed by atoms with van der Waals surface area (Å²) in [6, 6.07) is 0. The van der Waals surface area contributed by atoms with Gasteiger partial charge in [-0.15, -0.1) is 0 Å². The van der Waals surface area contributed by atoms with Crippen LogP contribution in [0, 0.1) is 0 Å². The zero-order valence-electron chi connectivity index (χ0n) is 9.19. The van der Waals surface area contributed by atoms with Crippen molar-refractivity contribution in [3.05, 3.63) is 17.7 Å². The minimum absolute atomic E-state index is 0.217. The Labute approximate surface area is 89.3 Å². The van der Waals surface area contributed by atoms with Crippen molar-refractivity contribution in [2.75, 3.05) is 7.11 Å². The molecule has 0 N–H and O–H groups in total. The van der Waals surface area contributed by atoms with Gasteiger partial charge in [0.2, 0.25) is 0 Å². The van der Waals surface area contributed by atoms with Crippen molar-refractivity contribution in [2.45, 2.75) is 38.6 Å². The molecule has 1 aliphatic rings. The number of methoxy groups -OCH3 is 1. The third-order valence-corrected chi connectivity index (χ3v) is 2.93. The summed E-state index contributed by atoms with van der Waals surface area (Å²) in [6.45, 7) is 2.86. The van der Waals surface area contributed by atoms with Crippen LogP contribution in [-0.4, -0.2) is 22.6 Å². The van der Waals surface area contributed by atoms with Crippen molar-refractivity contribution in [3.63, 3.8) is 0 Å². The van der Waals surface area contributed by atoms with Gasteiger partial charge in [0.05, 0.1) is 18.7 Å². The predicted molar refractivity (Wildman–Crippen MR) is 55.6 cm³/mol. The Morgan fingerprint density at radius 1 is 1.60 bits per heavy atom. The van der Waals surface area contributed by atoms with Gasteiger partial charge in [0.15, 0.2) is 0 Å². The van der Waals surface area contributed by atoms with Crippen LogP contribution >= 0.6 is 0 Å². The number of rotatable bonds is 2. The molecule has 1 aromatic heterocycles. The van der Waals surface area contributed by atoms with Gasteiger partial charge in [-0.25, -0.2) is 4.98 Å². The van der Waals surface area contributed by atoms with Gasteiger partial charge >= 0.3 is 5.97 Å². The lowest BCUT2D eigenvalue weighted by Crippen LogP contribution is -2.11. The van der Waals surface area contributed by atoms with Crippen molar-refractivity contribution in [2.24, 2.45) is 0 Å². The van der Waals surface area contributed by atoms with Gasteiger partial charge in [-0.1, -0.05) is 0 Å². The van der Waals surface area contributed by atoms with E-state index in [2.05, 4.69) is 9.55 Å². The molecule has 15 heavy (non-hydrogen) atoms. The van der Waals surface area contributed by atoms with E-state index in [-0.39, 0.29) is 11.9 Å². The van der Waals surface area contributed by atoms with E-state index >= 15 is 0 Å². The molecule has 4 heteroatoms. The molecule has 4 nitrogen and oxygen atoms in total. The molecule has 0 aliphatic carbocycles. The molecule has 82 valence electrons. The summed E-state index contributed by atoms with van der Waals surface area (Å²) in [5.74, 6) is 0.630. The van der Waals surface area contributed by atoms with Crippen molar-refractivity contribution >= 4 is 5.97 Å². The Balaban J connectivity index is 2.22. The van der Waals surface area contributed by atoms with Crippen molar-refractivity contribution in [1.29, 1.82) is 0 Å². The molecule has 2 heterocycles. The molecule has 0 bridgehead atoms. The number of hydrogen-bond donors (Lipinski definition) is 0. The van der Waals surface area contributed by atoms with E-state index in [0.717, 1.165) is 24.5 Å². The zero-order chi connectivity index (χ0) is 10.8. The fourth-order valence-electron chi connectivity index (χ4n) is 1.94. The molecule has 1 aliphatic heterocycles. The zero-order valence-corrected chi connectivity index (χ0v) is 9.19. The second-order valence-corrected chi connectivity index (χ2v) is 3.98. The Morgan fingerprint density at radius 3 is 3.07 bits per heavy atom. The highest BCUT2D eigenvalue weighted by Gasteiger charge is 2.21. The number of ether oxygens (including phenoxy) is 1. The summed E-state index contributed by atoms with van der Waals surface area (Å²) in [5.41, 5.74) is 0.832. The monoisotopic (exact) mass is 208 g/mol. The van der Waals surface area contributed by atoms with E-state index in [0.29, 0.717) is 0 Å². The first-order chi connectivity index (χ1) is 7.22. The fourth-order valence-corrected chi connectivity index (χ4v) is 1.94. The third kappa shape index (κ3) is 1.89. The van der Waals surface area contributed by atoms with Gasteiger partial charge in [-0.3, -0.25) is 4.79 Å². The van der Waals surface area contributed by atoms with E-state index in [1.165, 1.54) is 20.0 Å². The average molecular weight is 208 g/mol. The highest BCUT2D eigenvalue weighted by Crippen LogP contribution is 2.20. The first-order valence-electron chi connectivity index (χ1n) is 5.36. The smallest absolute Gasteiger partial charge is 0.314 e. The Hall–Kier alpha value is -1.32. The van der Waals surface area contributed by atoms with Gasteiger partial charge in [-0.05, 0) is 19.8 Å². The molecule has 0 spiro atoms. The molecular weight excluding hydrogens is 192 g/mol. The molecule has 0 amide bonds. The molecule has 0 aromatic carbocycles. The van der Waals surface area contributed by atoms with Crippen LogP contribution in [0.1, 0.15) is 37.2 Å². The average Bonchev–Trinajstić information content (AvgIpc) is 2.70. The summed E-state index contributed by atoms with van der Waals surface area (Å²) >= 11 is 0. The van der Waals surface area contributed by atoms with E-state index in [1.807, 2.05) is 13.1 Å². The van der Waals surface area contributed by atoms with Gasteiger partial charge in [0.25, 0.3) is 0 Å². The number of aryl methyl sites for hydroxylation is 2. The maximum atomic E-state index is 11.4. The van der Waals surface area contributed by atoms with Crippen molar-refractivity contribution in [3.8, 4) is 0 Å². The number of fused-ring (bicyclic) bond motifs is 1. The second-order valence-electron chi connectivity index (χ2n) is 3.98. The second kappa shape index (κ2) is 4.04. The maximum absolute atomic E-state index is 11.4. The van der Waals surface area contributed by atoms with Crippen molar-refractivity contribution < 1.29 is 9.53 Å². The summed E-state index contributed by atoms with van der Waals surface area (Å²) in [5, 5.41) is 0. The molecular formula is C11H16N2O2. The fraction of sp³-hybridized carbons (Fsp3) is 0.636. The van der Waals surface area contributed by atoms with E-state index in [1.54, 1.807) is 0 Å². The molecule has 0 radical (unpaired) electrons. The molecule has 0 fully saturated rings. The van der Waals surface area contributed by atoms with Crippen LogP contribution in [0.2, 0.25) is 0 Å². The standard InChI is InChI=1S/C11H16N2O2/c1-8(11(14)15-2)9-7-13-6-4-3-5-10(13)12-9/h7-8H,3-6H2,1-2H3. The molecule has 1 atom stereocenters. The third-order valence-electron chi connectivity index (χ3n) is 2.93. The summed E-state index contributed by atoms with van der Waals surface area (Å²) in [7, 11) is 1.41. The number of nitrogens with zero attached hydrogens (tertiary/aromatic N) is 2. The van der Waals surface area contributed by atoms with Crippen LogP contribution in [-0.2, 0) is 22.5 Å². The van der Waals surface area contributed by atoms with Crippen LogP contribution in [0.25, 0.3) is 0 Å². The summed E-state index contributed by atoms with van der Waals surface area (Å²) in [6.07, 6.45) is 5.41. The minimum Gasteiger partial charge on any atom is -0.469 e. The normalized spacial score (nSPS) is 16.9. The van der Waals surface area contributed by atoms with E-state index in [9.17, 15) is 4.79 Å². The number of aromatic nitrogens is 2. The largest absolute Gasteiger partial charge is 0.469 e. The van der Waals surface area contributed by atoms with E-state index < -0.39 is 0 Å². The van der Waals surface area contributed by atoms with Gasteiger partial charge in [-0.2, -0.15) is 0 Å². The quantitative estimate of drug-likeness (QED) is 0.692. The first kappa shape index (κ1) is 10.2. The summed E-state index contributed by atoms with van der Waals surface area (Å²) in [4.78, 5) is 15.8. The molecule has 1 aromatic rings. The number of hydrogen-bond acceptors (Lipinski definition) is 3. The van der Waals surface area contributed by atoms with Gasteiger partial charge in [0.1, 0.15) is 5.82 Å². The number of carbonyl (C=O) groups excluding carboxylic acids is 1. The highest BCUT2D eigenvalue weighted by atomic mass is 16.5. The number of esters is 1. The van der Waals surface area contributed by atoms with E-state index in [4.69, 9.17) is 4.74 Å². The topological polar surface area (TPSA) is 44.1 Å². The number of imidazole rings is 1.